The Morgan fingerprint density at radius 2 is 1.91 bits per heavy atom. The lowest BCUT2D eigenvalue weighted by atomic mass is 9.78. The van der Waals surface area contributed by atoms with Crippen LogP contribution in [0.2, 0.25) is 0 Å². The topological polar surface area (TPSA) is 131 Å². The van der Waals surface area contributed by atoms with E-state index in [9.17, 15) is 14.7 Å². The standard InChI is InChI=1S/C23H31N3O6/c1-13-21(29)20(22(30)24-10-18(27)28)26-17(25-13)9-19-31-11-15(12-32-19)14-5-7-16(8-6-14)23(2,3)4/h5,7-8,14-15,19,29H,6,9-12H2,1-4H3,(H,24,30)(H,27,28). The first-order valence-corrected chi connectivity index (χ1v) is 10.7. The van der Waals surface area contributed by atoms with E-state index in [1.807, 2.05) is 0 Å². The number of aryl methyl sites for hydroxylation is 1. The van der Waals surface area contributed by atoms with Gasteiger partial charge < -0.3 is 25.0 Å². The number of carbonyl (C=O) groups is 2. The van der Waals surface area contributed by atoms with Crippen LogP contribution in [0.15, 0.2) is 23.8 Å². The Bertz CT molecular complexity index is 926. The monoisotopic (exact) mass is 445 g/mol. The van der Waals surface area contributed by atoms with Crippen LogP contribution in [0.1, 0.15) is 49.2 Å². The molecule has 3 rings (SSSR count). The second-order valence-electron chi connectivity index (χ2n) is 9.23. The molecule has 1 aliphatic heterocycles. The molecule has 9 heteroatoms. The van der Waals surface area contributed by atoms with Crippen LogP contribution in [0.25, 0.3) is 0 Å². The number of amides is 1. The largest absolute Gasteiger partial charge is 0.504 e. The van der Waals surface area contributed by atoms with E-state index in [2.05, 4.69) is 54.3 Å². The Balaban J connectivity index is 1.57. The summed E-state index contributed by atoms with van der Waals surface area (Å²) >= 11 is 0. The number of rotatable bonds is 6. The first-order chi connectivity index (χ1) is 15.0. The minimum absolute atomic E-state index is 0.137. The Hall–Kier alpha value is -2.78. The van der Waals surface area contributed by atoms with Crippen molar-refractivity contribution in [1.29, 1.82) is 0 Å². The number of hydrogen-bond donors (Lipinski definition) is 3. The molecule has 2 aliphatic rings. The normalized spacial score (nSPS) is 23.5. The van der Waals surface area contributed by atoms with Gasteiger partial charge in [0.2, 0.25) is 0 Å². The second kappa shape index (κ2) is 9.79. The molecule has 1 saturated heterocycles. The van der Waals surface area contributed by atoms with E-state index < -0.39 is 24.7 Å². The van der Waals surface area contributed by atoms with Crippen LogP contribution >= 0.6 is 0 Å². The molecule has 0 saturated carbocycles. The van der Waals surface area contributed by atoms with Crippen LogP contribution < -0.4 is 5.32 Å². The van der Waals surface area contributed by atoms with Gasteiger partial charge in [0.05, 0.1) is 25.3 Å². The predicted octanol–water partition coefficient (Wildman–Crippen LogP) is 2.39. The van der Waals surface area contributed by atoms with Crippen molar-refractivity contribution in [3.05, 3.63) is 41.0 Å². The number of hydrogen-bond acceptors (Lipinski definition) is 7. The SMILES string of the molecule is Cc1nc(CC2OCC(C3C=CC(C(C)(C)C)=CC3)CO2)nc(C(=O)NCC(=O)O)c1O. The van der Waals surface area contributed by atoms with Gasteiger partial charge >= 0.3 is 5.97 Å². The van der Waals surface area contributed by atoms with Crippen molar-refractivity contribution in [1.82, 2.24) is 15.3 Å². The Morgan fingerprint density at radius 1 is 1.22 bits per heavy atom. The first kappa shape index (κ1) is 23.9. The molecule has 1 aromatic rings. The number of aromatic nitrogens is 2. The number of nitrogens with one attached hydrogen (secondary N) is 1. The van der Waals surface area contributed by atoms with Gasteiger partial charge in [-0.05, 0) is 30.3 Å². The molecular formula is C23H31N3O6. The molecule has 0 aromatic carbocycles. The molecule has 2 heterocycles. The molecule has 0 radical (unpaired) electrons. The smallest absolute Gasteiger partial charge is 0.322 e. The molecule has 32 heavy (non-hydrogen) atoms. The summed E-state index contributed by atoms with van der Waals surface area (Å²) in [6.07, 6.45) is 7.35. The Kier molecular flexibility index (Phi) is 7.30. The summed E-state index contributed by atoms with van der Waals surface area (Å²) in [6, 6.07) is 0. The third kappa shape index (κ3) is 5.92. The predicted molar refractivity (Wildman–Crippen MR) is 116 cm³/mol. The Labute approximate surface area is 187 Å². The average molecular weight is 446 g/mol. The van der Waals surface area contributed by atoms with Crippen LogP contribution in [-0.2, 0) is 20.7 Å². The van der Waals surface area contributed by atoms with Gasteiger partial charge in [0, 0.05) is 5.92 Å². The van der Waals surface area contributed by atoms with Crippen LogP contribution in [0.3, 0.4) is 0 Å². The van der Waals surface area contributed by atoms with E-state index in [-0.39, 0.29) is 40.7 Å². The fourth-order valence-corrected chi connectivity index (χ4v) is 3.73. The summed E-state index contributed by atoms with van der Waals surface area (Å²) in [5.74, 6) is -1.47. The highest BCUT2D eigenvalue weighted by Gasteiger charge is 2.30. The second-order valence-corrected chi connectivity index (χ2v) is 9.23. The summed E-state index contributed by atoms with van der Waals surface area (Å²) in [6.45, 7) is 8.67. The lowest BCUT2D eigenvalue weighted by Crippen LogP contribution is -2.37. The lowest BCUT2D eigenvalue weighted by Gasteiger charge is -2.34. The van der Waals surface area contributed by atoms with E-state index >= 15 is 0 Å². The van der Waals surface area contributed by atoms with E-state index in [0.29, 0.717) is 19.1 Å². The van der Waals surface area contributed by atoms with Crippen molar-refractivity contribution >= 4 is 11.9 Å². The highest BCUT2D eigenvalue weighted by Crippen LogP contribution is 2.34. The molecular weight excluding hydrogens is 414 g/mol. The van der Waals surface area contributed by atoms with E-state index in [1.54, 1.807) is 6.92 Å². The number of aliphatic carboxylic acids is 1. The molecule has 1 amide bonds. The maximum absolute atomic E-state index is 12.2. The molecule has 1 fully saturated rings. The van der Waals surface area contributed by atoms with Crippen molar-refractivity contribution in [3.63, 3.8) is 0 Å². The zero-order valence-corrected chi connectivity index (χ0v) is 18.9. The van der Waals surface area contributed by atoms with E-state index in [4.69, 9.17) is 14.6 Å². The minimum Gasteiger partial charge on any atom is -0.504 e. The lowest BCUT2D eigenvalue weighted by molar-refractivity contribution is -0.205. The summed E-state index contributed by atoms with van der Waals surface area (Å²) in [5, 5.41) is 21.0. The summed E-state index contributed by atoms with van der Waals surface area (Å²) in [7, 11) is 0. The van der Waals surface area contributed by atoms with E-state index in [0.717, 1.165) is 6.42 Å². The van der Waals surface area contributed by atoms with Gasteiger partial charge in [0.1, 0.15) is 12.4 Å². The van der Waals surface area contributed by atoms with Crippen LogP contribution in [0.4, 0.5) is 0 Å². The highest BCUT2D eigenvalue weighted by molar-refractivity contribution is 5.96. The zero-order chi connectivity index (χ0) is 23.5. The summed E-state index contributed by atoms with van der Waals surface area (Å²) < 4.78 is 11.8. The molecule has 3 N–H and O–H groups in total. The fourth-order valence-electron chi connectivity index (χ4n) is 3.73. The zero-order valence-electron chi connectivity index (χ0n) is 18.9. The molecule has 0 bridgehead atoms. The van der Waals surface area contributed by atoms with Crippen molar-refractivity contribution in [2.75, 3.05) is 19.8 Å². The average Bonchev–Trinajstić information content (AvgIpc) is 2.74. The number of carboxylic acids is 1. The number of aromatic hydroxyl groups is 1. The van der Waals surface area contributed by atoms with Gasteiger partial charge in [-0.2, -0.15) is 0 Å². The molecule has 0 spiro atoms. The Morgan fingerprint density at radius 3 is 2.47 bits per heavy atom. The fraction of sp³-hybridized carbons (Fsp3) is 0.565. The van der Waals surface area contributed by atoms with Crippen LogP contribution in [0.5, 0.6) is 5.75 Å². The van der Waals surface area contributed by atoms with Crippen molar-refractivity contribution in [3.8, 4) is 5.75 Å². The van der Waals surface area contributed by atoms with Crippen molar-refractivity contribution in [2.24, 2.45) is 17.3 Å². The molecule has 1 atom stereocenters. The van der Waals surface area contributed by atoms with Gasteiger partial charge in [-0.1, -0.05) is 39.0 Å². The minimum atomic E-state index is -1.19. The number of carboxylic acid groups (broad SMARTS) is 1. The van der Waals surface area contributed by atoms with E-state index in [1.165, 1.54) is 5.57 Å². The van der Waals surface area contributed by atoms with Gasteiger partial charge in [-0.25, -0.2) is 9.97 Å². The van der Waals surface area contributed by atoms with Crippen molar-refractivity contribution in [2.45, 2.75) is 46.8 Å². The third-order valence-electron chi connectivity index (χ3n) is 5.67. The number of ether oxygens (including phenoxy) is 2. The van der Waals surface area contributed by atoms with Crippen LogP contribution in [0, 0.1) is 24.2 Å². The molecule has 9 nitrogen and oxygen atoms in total. The molecule has 1 aromatic heterocycles. The number of allylic oxidation sites excluding steroid dienone is 4. The summed E-state index contributed by atoms with van der Waals surface area (Å²) in [4.78, 5) is 31.1. The van der Waals surface area contributed by atoms with Gasteiger partial charge in [0.25, 0.3) is 5.91 Å². The quantitative estimate of drug-likeness (QED) is 0.608. The van der Waals surface area contributed by atoms with Gasteiger partial charge in [-0.15, -0.1) is 0 Å². The number of carbonyl (C=O) groups excluding carboxylic acids is 1. The first-order valence-electron chi connectivity index (χ1n) is 10.7. The number of nitrogens with zero attached hydrogens (tertiary/aromatic N) is 2. The van der Waals surface area contributed by atoms with Crippen LogP contribution in [-0.4, -0.2) is 58.1 Å². The van der Waals surface area contributed by atoms with Gasteiger partial charge in [-0.3, -0.25) is 9.59 Å². The van der Waals surface area contributed by atoms with Crippen molar-refractivity contribution < 1.29 is 29.3 Å². The third-order valence-corrected chi connectivity index (χ3v) is 5.67. The maximum atomic E-state index is 12.2. The molecule has 1 aliphatic carbocycles. The maximum Gasteiger partial charge on any atom is 0.322 e. The highest BCUT2D eigenvalue weighted by atomic mass is 16.7. The summed E-state index contributed by atoms with van der Waals surface area (Å²) in [5.41, 5.74) is 1.43. The van der Waals surface area contributed by atoms with Gasteiger partial charge in [0.15, 0.2) is 17.7 Å². The molecule has 1 unspecified atom stereocenters. The molecule has 174 valence electrons.